The van der Waals surface area contributed by atoms with Crippen LogP contribution in [0.15, 0.2) is 12.1 Å². The fourth-order valence-corrected chi connectivity index (χ4v) is 2.18. The average Bonchev–Trinajstić information content (AvgIpc) is 2.32. The second-order valence-corrected chi connectivity index (χ2v) is 6.58. The van der Waals surface area contributed by atoms with E-state index in [-0.39, 0.29) is 28.8 Å². The van der Waals surface area contributed by atoms with E-state index in [9.17, 15) is 22.9 Å². The van der Waals surface area contributed by atoms with Crippen LogP contribution in [0.4, 0.5) is 15.8 Å². The number of anilines is 1. The van der Waals surface area contributed by atoms with Crippen molar-refractivity contribution in [2.75, 3.05) is 23.4 Å². The lowest BCUT2D eigenvalue weighted by atomic mass is 10.2. The molecule has 0 atom stereocenters. The largest absolute Gasteiger partial charge is 0.378 e. The predicted octanol–water partition coefficient (Wildman–Crippen LogP) is 2.23. The quantitative estimate of drug-likeness (QED) is 0.643. The molecule has 0 saturated heterocycles. The molecule has 106 valence electrons. The molecule has 1 N–H and O–H groups in total. The highest BCUT2D eigenvalue weighted by Gasteiger charge is 2.18. The Bertz CT molecular complexity index is 591. The van der Waals surface area contributed by atoms with Gasteiger partial charge in [-0.15, -0.1) is 0 Å². The van der Waals surface area contributed by atoms with Crippen molar-refractivity contribution in [1.29, 1.82) is 0 Å². The Morgan fingerprint density at radius 2 is 2.11 bits per heavy atom. The summed E-state index contributed by atoms with van der Waals surface area (Å²) in [6, 6.07) is 1.76. The van der Waals surface area contributed by atoms with Crippen molar-refractivity contribution in [2.24, 2.45) is 0 Å². The van der Waals surface area contributed by atoms with Gasteiger partial charge in [0.05, 0.1) is 21.8 Å². The third kappa shape index (κ3) is 4.32. The molecule has 19 heavy (non-hydrogen) atoms. The van der Waals surface area contributed by atoms with Crippen LogP contribution in [0.2, 0.25) is 5.02 Å². The average molecular weight is 311 g/mol. The van der Waals surface area contributed by atoms with E-state index in [2.05, 4.69) is 5.32 Å². The highest BCUT2D eigenvalue weighted by atomic mass is 35.5. The second kappa shape index (κ2) is 6.16. The highest BCUT2D eigenvalue weighted by Crippen LogP contribution is 2.30. The van der Waals surface area contributed by atoms with Gasteiger partial charge in [0.25, 0.3) is 5.69 Å². The molecular weight excluding hydrogens is 299 g/mol. The molecular formula is C10H12ClFN2O4S. The van der Waals surface area contributed by atoms with Crippen molar-refractivity contribution >= 4 is 32.8 Å². The highest BCUT2D eigenvalue weighted by molar-refractivity contribution is 7.91. The number of benzene rings is 1. The maximum atomic E-state index is 13.1. The van der Waals surface area contributed by atoms with E-state index in [0.29, 0.717) is 6.07 Å². The topological polar surface area (TPSA) is 89.3 Å². The van der Waals surface area contributed by atoms with Gasteiger partial charge in [-0.25, -0.2) is 12.8 Å². The van der Waals surface area contributed by atoms with Crippen LogP contribution in [-0.4, -0.2) is 31.4 Å². The normalized spacial score (nSPS) is 11.3. The van der Waals surface area contributed by atoms with Gasteiger partial charge in [-0.3, -0.25) is 10.1 Å². The molecule has 0 amide bonds. The molecule has 0 aromatic heterocycles. The summed E-state index contributed by atoms with van der Waals surface area (Å²) in [7, 11) is -3.18. The molecule has 9 heteroatoms. The number of nitro groups is 1. The van der Waals surface area contributed by atoms with E-state index in [1.54, 1.807) is 0 Å². The van der Waals surface area contributed by atoms with E-state index in [0.717, 1.165) is 6.07 Å². The zero-order valence-electron chi connectivity index (χ0n) is 10.0. The van der Waals surface area contributed by atoms with Crippen molar-refractivity contribution in [3.8, 4) is 0 Å². The van der Waals surface area contributed by atoms with E-state index in [1.165, 1.54) is 6.92 Å². The molecule has 0 saturated carbocycles. The van der Waals surface area contributed by atoms with Crippen LogP contribution in [-0.2, 0) is 9.84 Å². The van der Waals surface area contributed by atoms with Crippen LogP contribution >= 0.6 is 11.6 Å². The van der Waals surface area contributed by atoms with Gasteiger partial charge >= 0.3 is 0 Å². The standard InChI is InChI=1S/C10H12ClFN2O4S/c1-2-19(17,18)4-3-13-9-5-7(11)8(12)6-10(9)14(15)16/h5-6,13H,2-4H2,1H3. The Morgan fingerprint density at radius 3 is 2.63 bits per heavy atom. The monoisotopic (exact) mass is 310 g/mol. The minimum atomic E-state index is -3.18. The lowest BCUT2D eigenvalue weighted by Gasteiger charge is -2.08. The molecule has 0 fully saturated rings. The van der Waals surface area contributed by atoms with Crippen molar-refractivity contribution < 1.29 is 17.7 Å². The zero-order chi connectivity index (χ0) is 14.6. The minimum absolute atomic E-state index is 0.0114. The Kier molecular flexibility index (Phi) is 5.07. The van der Waals surface area contributed by atoms with Gasteiger partial charge in [-0.2, -0.15) is 0 Å². The third-order valence-corrected chi connectivity index (χ3v) is 4.40. The Balaban J connectivity index is 2.89. The third-order valence-electron chi connectivity index (χ3n) is 2.40. The van der Waals surface area contributed by atoms with Crippen LogP contribution in [0.25, 0.3) is 0 Å². The van der Waals surface area contributed by atoms with Crippen molar-refractivity contribution in [3.05, 3.63) is 33.1 Å². The molecule has 1 aromatic carbocycles. The molecule has 0 unspecified atom stereocenters. The van der Waals surface area contributed by atoms with Gasteiger partial charge in [0, 0.05) is 12.3 Å². The van der Waals surface area contributed by atoms with Crippen LogP contribution in [0, 0.1) is 15.9 Å². The summed E-state index contributed by atoms with van der Waals surface area (Å²) in [5, 5.41) is 13.0. The molecule has 0 aliphatic heterocycles. The molecule has 0 aliphatic rings. The SMILES string of the molecule is CCS(=O)(=O)CCNc1cc(Cl)c(F)cc1[N+](=O)[O-]. The molecule has 0 heterocycles. The minimum Gasteiger partial charge on any atom is -0.378 e. The predicted molar refractivity (Wildman–Crippen MR) is 70.9 cm³/mol. The lowest BCUT2D eigenvalue weighted by molar-refractivity contribution is -0.384. The first kappa shape index (κ1) is 15.6. The second-order valence-electron chi connectivity index (χ2n) is 3.70. The number of nitro benzene ring substituents is 1. The number of sulfone groups is 1. The lowest BCUT2D eigenvalue weighted by Crippen LogP contribution is -2.17. The van der Waals surface area contributed by atoms with Gasteiger partial charge in [0.2, 0.25) is 0 Å². The first-order valence-electron chi connectivity index (χ1n) is 5.34. The Morgan fingerprint density at radius 1 is 1.47 bits per heavy atom. The number of nitrogens with zero attached hydrogens (tertiary/aromatic N) is 1. The van der Waals surface area contributed by atoms with Crippen molar-refractivity contribution in [3.63, 3.8) is 0 Å². The number of nitrogens with one attached hydrogen (secondary N) is 1. The molecule has 0 radical (unpaired) electrons. The number of hydrogen-bond donors (Lipinski definition) is 1. The van der Waals surface area contributed by atoms with E-state index >= 15 is 0 Å². The number of rotatable bonds is 6. The van der Waals surface area contributed by atoms with Crippen molar-refractivity contribution in [1.82, 2.24) is 0 Å². The summed E-state index contributed by atoms with van der Waals surface area (Å²) >= 11 is 5.53. The molecule has 6 nitrogen and oxygen atoms in total. The summed E-state index contributed by atoms with van der Waals surface area (Å²) < 4.78 is 35.7. The molecule has 1 aromatic rings. The van der Waals surface area contributed by atoms with Gasteiger partial charge in [0.15, 0.2) is 9.84 Å². The van der Waals surface area contributed by atoms with Gasteiger partial charge in [0.1, 0.15) is 11.5 Å². The van der Waals surface area contributed by atoms with Gasteiger partial charge < -0.3 is 5.32 Å². The van der Waals surface area contributed by atoms with Crippen LogP contribution < -0.4 is 5.32 Å². The van der Waals surface area contributed by atoms with E-state index < -0.39 is 26.3 Å². The molecule has 0 bridgehead atoms. The number of hydrogen-bond acceptors (Lipinski definition) is 5. The maximum Gasteiger partial charge on any atom is 0.295 e. The Labute approximate surface area is 114 Å². The fraction of sp³-hybridized carbons (Fsp3) is 0.400. The summed E-state index contributed by atoms with van der Waals surface area (Å²) in [6.45, 7) is 1.49. The Hall–Kier alpha value is -1.41. The van der Waals surface area contributed by atoms with Crippen LogP contribution in [0.5, 0.6) is 0 Å². The summed E-state index contributed by atoms with van der Waals surface area (Å²) in [5.74, 6) is -1.09. The molecule has 1 rings (SSSR count). The maximum absolute atomic E-state index is 13.1. The smallest absolute Gasteiger partial charge is 0.295 e. The summed E-state index contributed by atoms with van der Waals surface area (Å²) in [6.07, 6.45) is 0. The van der Waals surface area contributed by atoms with Gasteiger partial charge in [-0.05, 0) is 6.07 Å². The zero-order valence-corrected chi connectivity index (χ0v) is 11.6. The van der Waals surface area contributed by atoms with E-state index in [4.69, 9.17) is 11.6 Å². The van der Waals surface area contributed by atoms with Crippen LogP contribution in [0.3, 0.4) is 0 Å². The fourth-order valence-electron chi connectivity index (χ4n) is 1.31. The molecule has 0 aliphatic carbocycles. The number of halogens is 2. The summed E-state index contributed by atoms with van der Waals surface area (Å²) in [4.78, 5) is 9.97. The first-order chi connectivity index (χ1) is 8.76. The summed E-state index contributed by atoms with van der Waals surface area (Å²) in [5.41, 5.74) is -0.501. The van der Waals surface area contributed by atoms with Crippen LogP contribution in [0.1, 0.15) is 6.92 Å². The van der Waals surface area contributed by atoms with E-state index in [1.807, 2.05) is 0 Å². The van der Waals surface area contributed by atoms with Crippen molar-refractivity contribution in [2.45, 2.75) is 6.92 Å². The molecule has 0 spiro atoms. The first-order valence-corrected chi connectivity index (χ1v) is 7.54. The van der Waals surface area contributed by atoms with Gasteiger partial charge in [-0.1, -0.05) is 18.5 Å².